The summed E-state index contributed by atoms with van der Waals surface area (Å²) in [6, 6.07) is 6.85. The summed E-state index contributed by atoms with van der Waals surface area (Å²) in [5.41, 5.74) is 1.06. The number of aromatic nitrogens is 1. The molecule has 5 atom stereocenters. The maximum absolute atomic E-state index is 13.8. The van der Waals surface area contributed by atoms with Crippen molar-refractivity contribution in [3.8, 4) is 0 Å². The number of amides is 1. The number of halogens is 1. The highest BCUT2D eigenvalue weighted by Crippen LogP contribution is 2.56. The van der Waals surface area contributed by atoms with Crippen LogP contribution in [0.25, 0.3) is 10.9 Å². The van der Waals surface area contributed by atoms with Crippen LogP contribution < -0.4 is 5.32 Å². The first-order chi connectivity index (χ1) is 13.3. The number of aliphatic hydroxyl groups is 1. The molecule has 150 valence electrons. The van der Waals surface area contributed by atoms with E-state index < -0.39 is 11.5 Å². The van der Waals surface area contributed by atoms with Gasteiger partial charge in [0.15, 0.2) is 0 Å². The largest absolute Gasteiger partial charge is 0.389 e. The van der Waals surface area contributed by atoms with Gasteiger partial charge >= 0.3 is 0 Å². The fraction of sp³-hybridized carbons (Fsp3) is 0.565. The quantitative estimate of drug-likeness (QED) is 0.832. The number of rotatable bonds is 4. The van der Waals surface area contributed by atoms with Crippen molar-refractivity contribution < 1.29 is 14.3 Å². The van der Waals surface area contributed by atoms with Crippen LogP contribution in [-0.2, 0) is 4.79 Å². The Kier molecular flexibility index (Phi) is 4.90. The van der Waals surface area contributed by atoms with Gasteiger partial charge in [0.2, 0.25) is 5.91 Å². The van der Waals surface area contributed by atoms with Gasteiger partial charge in [-0.15, -0.1) is 0 Å². The van der Waals surface area contributed by atoms with E-state index in [9.17, 15) is 14.3 Å². The molecule has 2 saturated carbocycles. The maximum atomic E-state index is 13.8. The Labute approximate surface area is 165 Å². The van der Waals surface area contributed by atoms with E-state index in [2.05, 4.69) is 10.3 Å². The van der Waals surface area contributed by atoms with Crippen LogP contribution in [0.4, 0.5) is 4.39 Å². The van der Waals surface area contributed by atoms with E-state index >= 15 is 0 Å². The molecule has 1 aromatic heterocycles. The first-order valence-corrected chi connectivity index (χ1v) is 10.3. The van der Waals surface area contributed by atoms with Gasteiger partial charge in [0.05, 0.1) is 17.0 Å². The number of nitrogens with zero attached hydrogens (tertiary/aromatic N) is 1. The number of fused-ring (bicyclic) bond motifs is 2. The van der Waals surface area contributed by atoms with Crippen molar-refractivity contribution in [3.05, 3.63) is 41.8 Å². The third-order valence-electron chi connectivity index (χ3n) is 6.88. The average Bonchev–Trinajstić information content (AvgIpc) is 3.15. The van der Waals surface area contributed by atoms with Crippen molar-refractivity contribution >= 4 is 16.8 Å². The number of carbonyl (C=O) groups excluding carboxylic acids is 1. The summed E-state index contributed by atoms with van der Waals surface area (Å²) in [6.45, 7) is 5.71. The maximum Gasteiger partial charge on any atom is 0.225 e. The summed E-state index contributed by atoms with van der Waals surface area (Å²) in [5.74, 6) is 0.451. The number of benzene rings is 1. The molecule has 2 fully saturated rings. The SMILES string of the molecule is CC(C)NC(=O)C(C)C1(O)C[C@H]2C[C@@H](c3ccnc4ccc(F)cc34)C[C@H]2C1. The smallest absolute Gasteiger partial charge is 0.225 e. The molecule has 1 heterocycles. The molecule has 0 saturated heterocycles. The monoisotopic (exact) mass is 384 g/mol. The molecule has 4 rings (SSSR count). The number of pyridine rings is 1. The Morgan fingerprint density at radius 2 is 1.89 bits per heavy atom. The van der Waals surface area contributed by atoms with Crippen molar-refractivity contribution in [1.82, 2.24) is 10.3 Å². The van der Waals surface area contributed by atoms with Gasteiger partial charge in [0, 0.05) is 17.6 Å². The van der Waals surface area contributed by atoms with E-state index in [0.717, 1.165) is 29.3 Å². The highest BCUT2D eigenvalue weighted by molar-refractivity contribution is 5.82. The van der Waals surface area contributed by atoms with Crippen molar-refractivity contribution in [2.45, 2.75) is 64.0 Å². The number of carbonyl (C=O) groups is 1. The standard InChI is InChI=1S/C23H29FN2O2/c1-13(2)26-22(27)14(3)23(28)11-16-8-15(9-17(16)12-23)19-6-7-25-21-5-4-18(24)10-20(19)21/h4-7,10,13-17,28H,8-9,11-12H2,1-3H3,(H,26,27)/t14?,15-,16-,17+,23?. The van der Waals surface area contributed by atoms with Crippen molar-refractivity contribution in [3.63, 3.8) is 0 Å². The Morgan fingerprint density at radius 3 is 2.54 bits per heavy atom. The summed E-state index contributed by atoms with van der Waals surface area (Å²) >= 11 is 0. The van der Waals surface area contributed by atoms with E-state index in [4.69, 9.17) is 0 Å². The second kappa shape index (κ2) is 7.11. The van der Waals surface area contributed by atoms with Crippen LogP contribution in [-0.4, -0.2) is 27.6 Å². The Balaban J connectivity index is 1.50. The zero-order chi connectivity index (χ0) is 20.1. The lowest BCUT2D eigenvalue weighted by molar-refractivity contribution is -0.134. The molecule has 0 bridgehead atoms. The van der Waals surface area contributed by atoms with Crippen LogP contribution in [0.2, 0.25) is 0 Å². The van der Waals surface area contributed by atoms with Crippen molar-refractivity contribution in [2.24, 2.45) is 17.8 Å². The van der Waals surface area contributed by atoms with Gasteiger partial charge in [-0.2, -0.15) is 0 Å². The predicted molar refractivity (Wildman–Crippen MR) is 107 cm³/mol. The summed E-state index contributed by atoms with van der Waals surface area (Å²) < 4.78 is 13.8. The second-order valence-electron chi connectivity index (χ2n) is 9.15. The number of nitrogens with one attached hydrogen (secondary N) is 1. The van der Waals surface area contributed by atoms with E-state index in [0.29, 0.717) is 30.6 Å². The van der Waals surface area contributed by atoms with Gasteiger partial charge in [0.25, 0.3) is 0 Å². The van der Waals surface area contributed by atoms with E-state index in [1.54, 1.807) is 18.3 Å². The highest BCUT2D eigenvalue weighted by atomic mass is 19.1. The van der Waals surface area contributed by atoms with Gasteiger partial charge in [-0.1, -0.05) is 6.92 Å². The molecule has 4 nitrogen and oxygen atoms in total. The van der Waals surface area contributed by atoms with Gasteiger partial charge in [-0.05, 0) is 87.1 Å². The Hall–Kier alpha value is -2.01. The lowest BCUT2D eigenvalue weighted by Crippen LogP contribution is -2.46. The summed E-state index contributed by atoms with van der Waals surface area (Å²) in [7, 11) is 0. The first kappa shape index (κ1) is 19.3. The third-order valence-corrected chi connectivity index (χ3v) is 6.88. The summed E-state index contributed by atoms with van der Waals surface area (Å²) in [4.78, 5) is 16.8. The molecule has 2 aliphatic carbocycles. The molecular formula is C23H29FN2O2. The first-order valence-electron chi connectivity index (χ1n) is 10.3. The van der Waals surface area contributed by atoms with Crippen molar-refractivity contribution in [2.75, 3.05) is 0 Å². The predicted octanol–water partition coefficient (Wildman–Crippen LogP) is 4.17. The third kappa shape index (κ3) is 3.41. The van der Waals surface area contributed by atoms with Gasteiger partial charge in [0.1, 0.15) is 5.82 Å². The Bertz CT molecular complexity index is 883. The molecule has 0 spiro atoms. The second-order valence-corrected chi connectivity index (χ2v) is 9.15. The number of hydrogen-bond acceptors (Lipinski definition) is 3. The molecule has 2 aromatic rings. The molecule has 1 aromatic carbocycles. The minimum Gasteiger partial charge on any atom is -0.389 e. The van der Waals surface area contributed by atoms with Crippen molar-refractivity contribution in [1.29, 1.82) is 0 Å². The molecule has 28 heavy (non-hydrogen) atoms. The summed E-state index contributed by atoms with van der Waals surface area (Å²) in [5, 5.41) is 15.0. The topological polar surface area (TPSA) is 62.2 Å². The average molecular weight is 384 g/mol. The molecule has 5 heteroatoms. The van der Waals surface area contributed by atoms with Crippen LogP contribution in [0, 0.1) is 23.6 Å². The highest BCUT2D eigenvalue weighted by Gasteiger charge is 2.52. The summed E-state index contributed by atoms with van der Waals surface area (Å²) in [6.07, 6.45) is 5.08. The lowest BCUT2D eigenvalue weighted by Gasteiger charge is -2.31. The molecular weight excluding hydrogens is 355 g/mol. The molecule has 1 amide bonds. The molecule has 2 aliphatic rings. The minimum atomic E-state index is -0.925. The van der Waals surface area contributed by atoms with E-state index in [1.807, 2.05) is 26.8 Å². The van der Waals surface area contributed by atoms with Crippen LogP contribution in [0.3, 0.4) is 0 Å². The fourth-order valence-corrected chi connectivity index (χ4v) is 5.46. The fourth-order valence-electron chi connectivity index (χ4n) is 5.46. The molecule has 2 N–H and O–H groups in total. The van der Waals surface area contributed by atoms with Crippen LogP contribution in [0.5, 0.6) is 0 Å². The zero-order valence-electron chi connectivity index (χ0n) is 16.8. The number of hydrogen-bond donors (Lipinski definition) is 2. The van der Waals surface area contributed by atoms with Gasteiger partial charge < -0.3 is 10.4 Å². The van der Waals surface area contributed by atoms with E-state index in [-0.39, 0.29) is 17.8 Å². The van der Waals surface area contributed by atoms with Gasteiger partial charge in [-0.25, -0.2) is 4.39 Å². The lowest BCUT2D eigenvalue weighted by atomic mass is 9.82. The van der Waals surface area contributed by atoms with Crippen LogP contribution >= 0.6 is 0 Å². The van der Waals surface area contributed by atoms with Crippen LogP contribution in [0.1, 0.15) is 57.9 Å². The molecule has 0 radical (unpaired) electrons. The Morgan fingerprint density at radius 1 is 1.21 bits per heavy atom. The van der Waals surface area contributed by atoms with Crippen LogP contribution in [0.15, 0.2) is 30.5 Å². The molecule has 0 aliphatic heterocycles. The van der Waals surface area contributed by atoms with Gasteiger partial charge in [-0.3, -0.25) is 9.78 Å². The molecule has 2 unspecified atom stereocenters. The zero-order valence-corrected chi connectivity index (χ0v) is 16.8. The normalized spacial score (nSPS) is 30.6. The van der Waals surface area contributed by atoms with E-state index in [1.165, 1.54) is 6.07 Å². The minimum absolute atomic E-state index is 0.0652.